The van der Waals surface area contributed by atoms with Crippen molar-refractivity contribution in [3.8, 4) is 22.8 Å². The molecule has 0 saturated heterocycles. The monoisotopic (exact) mass is 447 g/mol. The van der Waals surface area contributed by atoms with Crippen LogP contribution >= 0.6 is 11.8 Å². The van der Waals surface area contributed by atoms with E-state index in [-0.39, 0.29) is 5.75 Å². The van der Waals surface area contributed by atoms with Crippen LogP contribution in [0.3, 0.4) is 0 Å². The van der Waals surface area contributed by atoms with Crippen molar-refractivity contribution in [2.75, 3.05) is 11.9 Å². The van der Waals surface area contributed by atoms with E-state index in [1.807, 2.05) is 0 Å². The predicted octanol–water partition coefficient (Wildman–Crippen LogP) is 3.43. The number of amidine groups is 1. The molecule has 0 aliphatic carbocycles. The molecule has 0 atom stereocenters. The first kappa shape index (κ1) is 20.6. The predicted molar refractivity (Wildman–Crippen MR) is 107 cm³/mol. The summed E-state index contributed by atoms with van der Waals surface area (Å²) in [6.45, 7) is 0. The average molecular weight is 447 g/mol. The van der Waals surface area contributed by atoms with Crippen LogP contribution in [0.15, 0.2) is 59.9 Å². The topological polar surface area (TPSA) is 89.7 Å². The quantitative estimate of drug-likeness (QED) is 0.566. The zero-order valence-corrected chi connectivity index (χ0v) is 16.5. The normalized spacial score (nSPS) is 14.0. The van der Waals surface area contributed by atoms with Gasteiger partial charge in [0.1, 0.15) is 12.1 Å². The van der Waals surface area contributed by atoms with Crippen LogP contribution in [0.25, 0.3) is 17.1 Å². The van der Waals surface area contributed by atoms with Crippen molar-refractivity contribution in [3.05, 3.63) is 54.9 Å². The highest BCUT2D eigenvalue weighted by Gasteiger charge is 2.31. The molecule has 1 aliphatic heterocycles. The van der Waals surface area contributed by atoms with E-state index in [9.17, 15) is 22.8 Å². The van der Waals surface area contributed by atoms with E-state index in [1.165, 1.54) is 35.3 Å². The lowest BCUT2D eigenvalue weighted by Gasteiger charge is -2.17. The zero-order chi connectivity index (χ0) is 22.2. The molecule has 4 rings (SSSR count). The van der Waals surface area contributed by atoms with Crippen LogP contribution in [0.5, 0.6) is 5.75 Å². The number of thioether (sulfide) groups is 1. The number of amides is 1. The third kappa shape index (κ3) is 4.58. The van der Waals surface area contributed by atoms with Gasteiger partial charge >= 0.3 is 12.3 Å². The lowest BCUT2D eigenvalue weighted by atomic mass is 10.2. The molecule has 1 aliphatic rings. The van der Waals surface area contributed by atoms with Crippen LogP contribution in [0.4, 0.5) is 18.9 Å². The molecule has 3 aromatic rings. The Morgan fingerprint density at radius 1 is 1.03 bits per heavy atom. The Bertz CT molecular complexity index is 1170. The first-order chi connectivity index (χ1) is 14.7. The molecule has 0 bridgehead atoms. The van der Waals surface area contributed by atoms with Gasteiger partial charge in [0, 0.05) is 18.3 Å². The van der Waals surface area contributed by atoms with E-state index >= 15 is 0 Å². The molecule has 12 heteroatoms. The van der Waals surface area contributed by atoms with E-state index in [1.54, 1.807) is 36.2 Å². The van der Waals surface area contributed by atoms with Gasteiger partial charge in [0.2, 0.25) is 0 Å². The summed E-state index contributed by atoms with van der Waals surface area (Å²) in [5.74, 6) is -0.705. The fraction of sp³-hybridized carbons (Fsp3) is 0.105. The Morgan fingerprint density at radius 2 is 1.71 bits per heavy atom. The van der Waals surface area contributed by atoms with Crippen molar-refractivity contribution in [2.45, 2.75) is 6.36 Å². The van der Waals surface area contributed by atoms with Gasteiger partial charge in [-0.2, -0.15) is 4.99 Å². The number of hydrogen-bond acceptors (Lipinski definition) is 7. The minimum Gasteiger partial charge on any atom is -0.406 e. The third-order valence-electron chi connectivity index (χ3n) is 4.18. The Hall–Kier alpha value is -3.67. The number of nitrogens with zero attached hydrogens (tertiary/aromatic N) is 5. The van der Waals surface area contributed by atoms with Crippen LogP contribution in [0.1, 0.15) is 0 Å². The zero-order valence-electron chi connectivity index (χ0n) is 15.7. The fourth-order valence-corrected chi connectivity index (χ4v) is 3.36. The fourth-order valence-electron chi connectivity index (χ4n) is 2.69. The second kappa shape index (κ2) is 7.87. The standard InChI is InChI=1S/C19H12F3N5O3S/c1-26(18-24-16(28)17(29)31-18)12-4-2-11(3-5-12)15-23-10-27(25-15)13-6-8-14(9-7-13)30-19(20,21)22/h2-10H,1H3. The van der Waals surface area contributed by atoms with E-state index < -0.39 is 17.4 Å². The van der Waals surface area contributed by atoms with Crippen LogP contribution < -0.4 is 9.64 Å². The van der Waals surface area contributed by atoms with Gasteiger partial charge in [-0.1, -0.05) is 0 Å². The van der Waals surface area contributed by atoms with Gasteiger partial charge < -0.3 is 9.64 Å². The highest BCUT2D eigenvalue weighted by molar-refractivity contribution is 8.28. The average Bonchev–Trinajstić information content (AvgIpc) is 3.34. The molecule has 2 heterocycles. The highest BCUT2D eigenvalue weighted by Crippen LogP contribution is 2.26. The van der Waals surface area contributed by atoms with Crippen LogP contribution in [-0.4, -0.2) is 44.4 Å². The number of carbonyl (C=O) groups is 2. The first-order valence-electron chi connectivity index (χ1n) is 8.66. The lowest BCUT2D eigenvalue weighted by Crippen LogP contribution is -2.22. The lowest BCUT2D eigenvalue weighted by molar-refractivity contribution is -0.274. The number of anilines is 1. The molecular weight excluding hydrogens is 435 g/mol. The SMILES string of the molecule is CN(C1=NC(=O)C(=O)S1)c1ccc(-c2ncn(-c3ccc(OC(F)(F)F)cc3)n2)cc1. The van der Waals surface area contributed by atoms with Gasteiger partial charge in [0.25, 0.3) is 5.12 Å². The first-order valence-corrected chi connectivity index (χ1v) is 9.48. The Kier molecular flexibility index (Phi) is 5.23. The molecule has 1 amide bonds. The van der Waals surface area contributed by atoms with Crippen LogP contribution in [0, 0.1) is 0 Å². The van der Waals surface area contributed by atoms with E-state index in [2.05, 4.69) is 19.8 Å². The molecule has 0 fully saturated rings. The van der Waals surface area contributed by atoms with Crippen molar-refractivity contribution >= 4 is 33.6 Å². The number of ether oxygens (including phenoxy) is 1. The maximum atomic E-state index is 12.3. The Labute approximate surface area is 177 Å². The van der Waals surface area contributed by atoms with Crippen molar-refractivity contribution in [1.29, 1.82) is 0 Å². The van der Waals surface area contributed by atoms with Crippen LogP contribution in [-0.2, 0) is 9.59 Å². The molecule has 1 aromatic heterocycles. The summed E-state index contributed by atoms with van der Waals surface area (Å²) >= 11 is 0.770. The maximum Gasteiger partial charge on any atom is 0.573 e. The van der Waals surface area contributed by atoms with Gasteiger partial charge in [-0.05, 0) is 60.3 Å². The number of carbonyl (C=O) groups excluding carboxylic acids is 2. The summed E-state index contributed by atoms with van der Waals surface area (Å²) in [6.07, 6.45) is -3.31. The molecular formula is C19H12F3N5O3S. The number of alkyl halides is 3. The van der Waals surface area contributed by atoms with Crippen molar-refractivity contribution < 1.29 is 27.5 Å². The largest absolute Gasteiger partial charge is 0.573 e. The second-order valence-electron chi connectivity index (χ2n) is 6.25. The number of aromatic nitrogens is 3. The molecule has 31 heavy (non-hydrogen) atoms. The summed E-state index contributed by atoms with van der Waals surface area (Å²) in [5, 5.41) is 4.01. The summed E-state index contributed by atoms with van der Waals surface area (Å²) in [4.78, 5) is 32.2. The number of aliphatic imine (C=N–C) groups is 1. The molecule has 2 aromatic carbocycles. The van der Waals surface area contributed by atoms with Gasteiger partial charge in [0.05, 0.1) is 5.69 Å². The Balaban J connectivity index is 1.48. The summed E-state index contributed by atoms with van der Waals surface area (Å²) in [6, 6.07) is 12.3. The smallest absolute Gasteiger partial charge is 0.406 e. The highest BCUT2D eigenvalue weighted by atomic mass is 32.2. The van der Waals surface area contributed by atoms with E-state index in [4.69, 9.17) is 0 Å². The van der Waals surface area contributed by atoms with Gasteiger partial charge in [-0.25, -0.2) is 9.67 Å². The Morgan fingerprint density at radius 3 is 2.29 bits per heavy atom. The number of hydrogen-bond donors (Lipinski definition) is 0. The van der Waals surface area contributed by atoms with Crippen molar-refractivity contribution in [3.63, 3.8) is 0 Å². The maximum absolute atomic E-state index is 12.3. The second-order valence-corrected chi connectivity index (χ2v) is 7.19. The molecule has 0 N–H and O–H groups in total. The van der Waals surface area contributed by atoms with Crippen molar-refractivity contribution in [2.24, 2.45) is 4.99 Å². The third-order valence-corrected chi connectivity index (χ3v) is 5.09. The molecule has 0 radical (unpaired) electrons. The molecule has 8 nitrogen and oxygen atoms in total. The van der Waals surface area contributed by atoms with Gasteiger partial charge in [0.15, 0.2) is 11.0 Å². The van der Waals surface area contributed by atoms with Gasteiger partial charge in [-0.3, -0.25) is 9.59 Å². The summed E-state index contributed by atoms with van der Waals surface area (Å²) < 4.78 is 42.1. The number of rotatable bonds is 4. The van der Waals surface area contributed by atoms with Crippen LogP contribution in [0.2, 0.25) is 0 Å². The van der Waals surface area contributed by atoms with E-state index in [0.717, 1.165) is 11.8 Å². The summed E-state index contributed by atoms with van der Waals surface area (Å²) in [7, 11) is 1.69. The molecule has 158 valence electrons. The minimum absolute atomic E-state index is 0.295. The molecule has 0 spiro atoms. The van der Waals surface area contributed by atoms with Crippen molar-refractivity contribution in [1.82, 2.24) is 14.8 Å². The number of halogens is 3. The number of benzene rings is 2. The molecule has 0 unspecified atom stereocenters. The summed E-state index contributed by atoms with van der Waals surface area (Å²) in [5.41, 5.74) is 1.91. The van der Waals surface area contributed by atoms with E-state index in [0.29, 0.717) is 27.9 Å². The minimum atomic E-state index is -4.75. The van der Waals surface area contributed by atoms with Gasteiger partial charge in [-0.15, -0.1) is 18.3 Å². The molecule has 0 saturated carbocycles.